The molecule has 0 aromatic carbocycles. The van der Waals surface area contributed by atoms with Gasteiger partial charge in [-0.3, -0.25) is 9.48 Å². The fraction of sp³-hybridized carbons (Fsp3) is 0.600. The zero-order valence-corrected chi connectivity index (χ0v) is 17.3. The number of thioether (sulfide) groups is 1. The Morgan fingerprint density at radius 1 is 1.36 bits per heavy atom. The molecule has 0 saturated carbocycles. The molecule has 0 aliphatic carbocycles. The molecule has 2 fully saturated rings. The van der Waals surface area contributed by atoms with Gasteiger partial charge in [-0.05, 0) is 44.2 Å². The summed E-state index contributed by atoms with van der Waals surface area (Å²) < 4.78 is 7.34. The molecule has 7 nitrogen and oxygen atoms in total. The van der Waals surface area contributed by atoms with Gasteiger partial charge in [-0.2, -0.15) is 5.10 Å². The Bertz CT molecular complexity index is 834. The van der Waals surface area contributed by atoms with Crippen LogP contribution in [-0.2, 0) is 11.8 Å². The SMILES string of the molecule is Cc1cnc(SCC2CCCO2)nc1C1CCCN(C(=O)c2ccnn2C)C1. The standard InChI is InChI=1S/C20H27N5O2S/c1-14-11-21-20(28-13-16-6-4-10-27-16)23-18(14)15-5-3-9-25(12-15)19(26)17-7-8-22-24(17)2/h7-8,11,15-16H,3-6,9-10,12-13H2,1-2H3. The van der Waals surface area contributed by atoms with Crippen LogP contribution in [0.5, 0.6) is 0 Å². The number of amides is 1. The van der Waals surface area contributed by atoms with Gasteiger partial charge in [0.25, 0.3) is 5.91 Å². The second-order valence-electron chi connectivity index (χ2n) is 7.60. The molecule has 2 aromatic rings. The highest BCUT2D eigenvalue weighted by Gasteiger charge is 2.29. The monoisotopic (exact) mass is 401 g/mol. The predicted octanol–water partition coefficient (Wildman–Crippen LogP) is 2.81. The molecule has 0 radical (unpaired) electrons. The average molecular weight is 402 g/mol. The zero-order valence-electron chi connectivity index (χ0n) is 16.5. The van der Waals surface area contributed by atoms with Crippen molar-refractivity contribution in [3.63, 3.8) is 0 Å². The van der Waals surface area contributed by atoms with Crippen LogP contribution in [0.3, 0.4) is 0 Å². The van der Waals surface area contributed by atoms with Gasteiger partial charge in [-0.1, -0.05) is 11.8 Å². The molecule has 0 N–H and O–H groups in total. The number of carbonyl (C=O) groups is 1. The van der Waals surface area contributed by atoms with Crippen molar-refractivity contribution < 1.29 is 9.53 Å². The molecule has 2 saturated heterocycles. The number of rotatable bonds is 5. The highest BCUT2D eigenvalue weighted by atomic mass is 32.2. The van der Waals surface area contributed by atoms with Crippen LogP contribution in [0, 0.1) is 6.92 Å². The van der Waals surface area contributed by atoms with Gasteiger partial charge in [0.15, 0.2) is 5.16 Å². The van der Waals surface area contributed by atoms with E-state index in [1.165, 1.54) is 0 Å². The van der Waals surface area contributed by atoms with Crippen LogP contribution in [0.25, 0.3) is 0 Å². The number of aryl methyl sites for hydroxylation is 2. The van der Waals surface area contributed by atoms with Crippen molar-refractivity contribution in [2.45, 2.75) is 49.8 Å². The first-order chi connectivity index (χ1) is 13.6. The molecule has 8 heteroatoms. The second-order valence-corrected chi connectivity index (χ2v) is 8.58. The molecular formula is C20H27N5O2S. The summed E-state index contributed by atoms with van der Waals surface area (Å²) in [6.07, 6.45) is 8.20. The van der Waals surface area contributed by atoms with Gasteiger partial charge in [-0.25, -0.2) is 9.97 Å². The summed E-state index contributed by atoms with van der Waals surface area (Å²) in [5.41, 5.74) is 2.81. The van der Waals surface area contributed by atoms with Gasteiger partial charge in [-0.15, -0.1) is 0 Å². The Hall–Kier alpha value is -1.93. The smallest absolute Gasteiger partial charge is 0.272 e. The van der Waals surface area contributed by atoms with E-state index in [9.17, 15) is 4.79 Å². The van der Waals surface area contributed by atoms with Crippen molar-refractivity contribution in [3.8, 4) is 0 Å². The summed E-state index contributed by atoms with van der Waals surface area (Å²) in [6, 6.07) is 1.78. The molecule has 0 spiro atoms. The van der Waals surface area contributed by atoms with E-state index in [-0.39, 0.29) is 11.8 Å². The summed E-state index contributed by atoms with van der Waals surface area (Å²) >= 11 is 1.67. The Labute approximate surface area is 169 Å². The maximum atomic E-state index is 12.9. The lowest BCUT2D eigenvalue weighted by Gasteiger charge is -2.33. The first kappa shape index (κ1) is 19.4. The molecule has 0 bridgehead atoms. The molecule has 2 aliphatic rings. The minimum Gasteiger partial charge on any atom is -0.377 e. The summed E-state index contributed by atoms with van der Waals surface area (Å²) in [4.78, 5) is 24.2. The minimum absolute atomic E-state index is 0.0457. The molecular weight excluding hydrogens is 374 g/mol. The number of likely N-dealkylation sites (tertiary alicyclic amines) is 1. The second kappa shape index (κ2) is 8.61. The first-order valence-electron chi connectivity index (χ1n) is 9.97. The normalized spacial score (nSPS) is 22.6. The van der Waals surface area contributed by atoms with Crippen molar-refractivity contribution in [2.75, 3.05) is 25.4 Å². The summed E-state index contributed by atoms with van der Waals surface area (Å²) in [5, 5.41) is 4.94. The molecule has 28 heavy (non-hydrogen) atoms. The third-order valence-corrected chi connectivity index (χ3v) is 6.54. The van der Waals surface area contributed by atoms with Gasteiger partial charge in [0.2, 0.25) is 0 Å². The van der Waals surface area contributed by atoms with Crippen molar-refractivity contribution >= 4 is 17.7 Å². The lowest BCUT2D eigenvalue weighted by Crippen LogP contribution is -2.40. The van der Waals surface area contributed by atoms with E-state index in [0.29, 0.717) is 18.3 Å². The van der Waals surface area contributed by atoms with Crippen molar-refractivity contribution in [3.05, 3.63) is 35.4 Å². The third-order valence-electron chi connectivity index (χ3n) is 5.55. The van der Waals surface area contributed by atoms with Crippen LogP contribution in [0.2, 0.25) is 0 Å². The van der Waals surface area contributed by atoms with E-state index in [0.717, 1.165) is 61.0 Å². The van der Waals surface area contributed by atoms with Gasteiger partial charge in [0.05, 0.1) is 11.8 Å². The van der Waals surface area contributed by atoms with Gasteiger partial charge in [0, 0.05) is 50.8 Å². The molecule has 2 atom stereocenters. The minimum atomic E-state index is 0.0457. The quantitative estimate of drug-likeness (QED) is 0.567. The van der Waals surface area contributed by atoms with Gasteiger partial charge >= 0.3 is 0 Å². The van der Waals surface area contributed by atoms with Crippen LogP contribution in [0.15, 0.2) is 23.6 Å². The highest BCUT2D eigenvalue weighted by molar-refractivity contribution is 7.99. The fourth-order valence-corrected chi connectivity index (χ4v) is 4.88. The lowest BCUT2D eigenvalue weighted by molar-refractivity contribution is 0.0694. The van der Waals surface area contributed by atoms with Crippen molar-refractivity contribution in [1.82, 2.24) is 24.6 Å². The summed E-state index contributed by atoms with van der Waals surface area (Å²) in [7, 11) is 1.81. The zero-order chi connectivity index (χ0) is 19.5. The molecule has 4 rings (SSSR count). The highest BCUT2D eigenvalue weighted by Crippen LogP contribution is 2.30. The Morgan fingerprint density at radius 2 is 2.25 bits per heavy atom. The maximum absolute atomic E-state index is 12.9. The molecule has 4 heterocycles. The van der Waals surface area contributed by atoms with Crippen LogP contribution < -0.4 is 0 Å². The number of aromatic nitrogens is 4. The van der Waals surface area contributed by atoms with Crippen LogP contribution >= 0.6 is 11.8 Å². The van der Waals surface area contributed by atoms with Crippen LogP contribution in [0.4, 0.5) is 0 Å². The largest absolute Gasteiger partial charge is 0.377 e. The van der Waals surface area contributed by atoms with Gasteiger partial charge in [0.1, 0.15) is 5.69 Å². The topological polar surface area (TPSA) is 73.1 Å². The van der Waals surface area contributed by atoms with E-state index in [2.05, 4.69) is 17.0 Å². The molecule has 1 amide bonds. The van der Waals surface area contributed by atoms with E-state index in [1.54, 1.807) is 35.8 Å². The number of piperidine rings is 1. The van der Waals surface area contributed by atoms with E-state index >= 15 is 0 Å². The number of nitrogens with zero attached hydrogens (tertiary/aromatic N) is 5. The summed E-state index contributed by atoms with van der Waals surface area (Å²) in [5.74, 6) is 1.19. The summed E-state index contributed by atoms with van der Waals surface area (Å²) in [6.45, 7) is 4.41. The molecule has 2 aromatic heterocycles. The lowest BCUT2D eigenvalue weighted by atomic mass is 9.92. The van der Waals surface area contributed by atoms with E-state index < -0.39 is 0 Å². The molecule has 2 aliphatic heterocycles. The molecule has 150 valence electrons. The van der Waals surface area contributed by atoms with Crippen molar-refractivity contribution in [1.29, 1.82) is 0 Å². The maximum Gasteiger partial charge on any atom is 0.272 e. The number of ether oxygens (including phenoxy) is 1. The first-order valence-corrected chi connectivity index (χ1v) is 11.0. The van der Waals surface area contributed by atoms with Crippen LogP contribution in [0.1, 0.15) is 53.3 Å². The van der Waals surface area contributed by atoms with Crippen molar-refractivity contribution in [2.24, 2.45) is 7.05 Å². The van der Waals surface area contributed by atoms with Gasteiger partial charge < -0.3 is 9.64 Å². The Morgan fingerprint density at radius 3 is 3.00 bits per heavy atom. The number of hydrogen-bond donors (Lipinski definition) is 0. The van der Waals surface area contributed by atoms with E-state index in [1.807, 2.05) is 11.1 Å². The molecule has 2 unspecified atom stereocenters. The number of hydrogen-bond acceptors (Lipinski definition) is 6. The van der Waals surface area contributed by atoms with E-state index in [4.69, 9.17) is 9.72 Å². The Kier molecular flexibility index (Phi) is 5.96. The predicted molar refractivity (Wildman–Crippen MR) is 108 cm³/mol. The third kappa shape index (κ3) is 4.22. The van der Waals surface area contributed by atoms with Crippen LogP contribution in [-0.4, -0.2) is 62.1 Å². The Balaban J connectivity index is 1.45. The number of carbonyl (C=O) groups excluding carboxylic acids is 1. The fourth-order valence-electron chi connectivity index (χ4n) is 3.99. The average Bonchev–Trinajstić information content (AvgIpc) is 3.38.